The number of ether oxygens (including phenoxy) is 2. The average Bonchev–Trinajstić information content (AvgIpc) is 3.17. The molecule has 2 aromatic rings. The molecule has 1 aliphatic heterocycles. The zero-order valence-corrected chi connectivity index (χ0v) is 28.1. The summed E-state index contributed by atoms with van der Waals surface area (Å²) in [5, 5.41) is 5.53. The van der Waals surface area contributed by atoms with Gasteiger partial charge in [0.25, 0.3) is 0 Å². The van der Waals surface area contributed by atoms with Gasteiger partial charge in [0.1, 0.15) is 23.3 Å². The van der Waals surface area contributed by atoms with Crippen molar-refractivity contribution in [1.82, 2.24) is 20.4 Å². The van der Waals surface area contributed by atoms with Gasteiger partial charge in [-0.1, -0.05) is 60.7 Å². The molecule has 11 heteroatoms. The van der Waals surface area contributed by atoms with E-state index in [9.17, 15) is 19.2 Å². The standard InChI is InChI=1S/C35H51N5O6/c1-34(2,3)45-32(43)37-28(19-17-25-13-9-7-10-14-25)30(41)39-21-22-40(24-27(36)23-39)31(42)29(38-33(44)46-35(4,5)6)20-18-26-15-11-8-12-16-26/h7-16,27-29H,17-24,36H2,1-6H3,(H,37,43)(H,38,44)/t28-,29-/m0/s1. The molecule has 0 aromatic heterocycles. The number of benzene rings is 2. The van der Waals surface area contributed by atoms with Crippen molar-refractivity contribution in [1.29, 1.82) is 0 Å². The molecule has 2 aromatic carbocycles. The first-order valence-electron chi connectivity index (χ1n) is 16.0. The summed E-state index contributed by atoms with van der Waals surface area (Å²) in [4.78, 5) is 56.4. The predicted octanol–water partition coefficient (Wildman–Crippen LogP) is 4.04. The Kier molecular flexibility index (Phi) is 13.0. The van der Waals surface area contributed by atoms with Crippen LogP contribution in [0.15, 0.2) is 60.7 Å². The fraction of sp³-hybridized carbons (Fsp3) is 0.543. The van der Waals surface area contributed by atoms with Crippen LogP contribution in [-0.2, 0) is 31.9 Å². The Morgan fingerprint density at radius 2 is 1.04 bits per heavy atom. The van der Waals surface area contributed by atoms with Gasteiger partial charge in [-0.3, -0.25) is 9.59 Å². The predicted molar refractivity (Wildman–Crippen MR) is 177 cm³/mol. The van der Waals surface area contributed by atoms with E-state index in [0.717, 1.165) is 11.1 Å². The first kappa shape index (κ1) is 36.3. The van der Waals surface area contributed by atoms with Gasteiger partial charge >= 0.3 is 12.2 Å². The van der Waals surface area contributed by atoms with Crippen LogP contribution < -0.4 is 16.4 Å². The van der Waals surface area contributed by atoms with Gasteiger partial charge in [0.15, 0.2) is 0 Å². The smallest absolute Gasteiger partial charge is 0.408 e. The molecule has 252 valence electrons. The van der Waals surface area contributed by atoms with Gasteiger partial charge in [-0.25, -0.2) is 9.59 Å². The molecule has 11 nitrogen and oxygen atoms in total. The molecular formula is C35H51N5O6. The van der Waals surface area contributed by atoms with Crippen molar-refractivity contribution in [3.63, 3.8) is 0 Å². The Balaban J connectivity index is 1.74. The van der Waals surface area contributed by atoms with Gasteiger partial charge in [-0.2, -0.15) is 0 Å². The number of alkyl carbamates (subject to hydrolysis) is 2. The van der Waals surface area contributed by atoms with Crippen LogP contribution >= 0.6 is 0 Å². The summed E-state index contributed by atoms with van der Waals surface area (Å²) in [6.07, 6.45) is 0.498. The number of aryl methyl sites for hydroxylation is 2. The lowest BCUT2D eigenvalue weighted by atomic mass is 10.0. The monoisotopic (exact) mass is 637 g/mol. The molecular weight excluding hydrogens is 586 g/mol. The molecule has 3 rings (SSSR count). The topological polar surface area (TPSA) is 143 Å². The minimum Gasteiger partial charge on any atom is -0.444 e. The van der Waals surface area contributed by atoms with Crippen LogP contribution in [0, 0.1) is 0 Å². The Morgan fingerprint density at radius 3 is 1.37 bits per heavy atom. The molecule has 0 unspecified atom stereocenters. The van der Waals surface area contributed by atoms with Crippen molar-refractivity contribution >= 4 is 24.0 Å². The minimum atomic E-state index is -0.850. The molecule has 4 N–H and O–H groups in total. The Bertz CT molecular complexity index is 1190. The number of nitrogens with two attached hydrogens (primary N) is 1. The highest BCUT2D eigenvalue weighted by Gasteiger charge is 2.34. The van der Waals surface area contributed by atoms with E-state index in [0.29, 0.717) is 25.7 Å². The second-order valence-corrected chi connectivity index (χ2v) is 13.8. The molecule has 0 radical (unpaired) electrons. The van der Waals surface area contributed by atoms with E-state index in [1.807, 2.05) is 60.7 Å². The number of hydrogen-bond acceptors (Lipinski definition) is 7. The molecule has 1 fully saturated rings. The van der Waals surface area contributed by atoms with Gasteiger partial charge in [-0.15, -0.1) is 0 Å². The number of amides is 4. The van der Waals surface area contributed by atoms with Gasteiger partial charge in [0.05, 0.1) is 0 Å². The van der Waals surface area contributed by atoms with E-state index in [2.05, 4.69) is 10.6 Å². The molecule has 1 aliphatic rings. The first-order chi connectivity index (χ1) is 21.6. The van der Waals surface area contributed by atoms with Crippen LogP contribution in [0.4, 0.5) is 9.59 Å². The van der Waals surface area contributed by atoms with Crippen LogP contribution in [0.25, 0.3) is 0 Å². The van der Waals surface area contributed by atoms with Crippen LogP contribution in [0.5, 0.6) is 0 Å². The highest BCUT2D eigenvalue weighted by molar-refractivity contribution is 5.87. The lowest BCUT2D eigenvalue weighted by Gasteiger charge is -2.29. The maximum Gasteiger partial charge on any atom is 0.408 e. The quantitative estimate of drug-likeness (QED) is 0.357. The Hall–Kier alpha value is -4.12. The molecule has 0 bridgehead atoms. The second-order valence-electron chi connectivity index (χ2n) is 13.8. The highest BCUT2D eigenvalue weighted by atomic mass is 16.6. The second kappa shape index (κ2) is 16.4. The fourth-order valence-corrected chi connectivity index (χ4v) is 5.21. The maximum absolute atomic E-state index is 13.9. The fourth-order valence-electron chi connectivity index (χ4n) is 5.21. The number of hydrogen-bond donors (Lipinski definition) is 3. The summed E-state index contributed by atoms with van der Waals surface area (Å²) >= 11 is 0. The lowest BCUT2D eigenvalue weighted by Crippen LogP contribution is -2.52. The molecule has 46 heavy (non-hydrogen) atoms. The van der Waals surface area contributed by atoms with Crippen molar-refractivity contribution in [2.24, 2.45) is 5.73 Å². The SMILES string of the molecule is CC(C)(C)OC(=O)N[C@@H](CCc1ccccc1)C(=O)N1CCN(C(=O)[C@H](CCc2ccccc2)NC(=O)OC(C)(C)C)CC(N)C1. The minimum absolute atomic E-state index is 0.203. The van der Waals surface area contributed by atoms with Crippen molar-refractivity contribution in [3.05, 3.63) is 71.8 Å². The van der Waals surface area contributed by atoms with E-state index >= 15 is 0 Å². The van der Waals surface area contributed by atoms with E-state index < -0.39 is 41.5 Å². The van der Waals surface area contributed by atoms with Crippen molar-refractivity contribution in [3.8, 4) is 0 Å². The van der Waals surface area contributed by atoms with Crippen molar-refractivity contribution in [2.75, 3.05) is 26.2 Å². The summed E-state index contributed by atoms with van der Waals surface area (Å²) in [7, 11) is 0. The van der Waals surface area contributed by atoms with E-state index in [1.54, 1.807) is 51.3 Å². The summed E-state index contributed by atoms with van der Waals surface area (Å²) in [5.74, 6) is -0.585. The summed E-state index contributed by atoms with van der Waals surface area (Å²) in [6.45, 7) is 11.4. The van der Waals surface area contributed by atoms with Crippen LogP contribution in [0.2, 0.25) is 0 Å². The third-order valence-corrected chi connectivity index (χ3v) is 7.28. The zero-order valence-electron chi connectivity index (χ0n) is 28.1. The molecule has 2 atom stereocenters. The molecule has 1 heterocycles. The number of carbonyl (C=O) groups is 4. The third-order valence-electron chi connectivity index (χ3n) is 7.28. The van der Waals surface area contributed by atoms with Gasteiger partial charge < -0.3 is 35.6 Å². The normalized spacial score (nSPS) is 15.7. The maximum atomic E-state index is 13.9. The average molecular weight is 638 g/mol. The van der Waals surface area contributed by atoms with Crippen LogP contribution in [-0.4, -0.2) is 89.3 Å². The molecule has 0 aliphatic carbocycles. The molecule has 0 spiro atoms. The van der Waals surface area contributed by atoms with Crippen molar-refractivity contribution in [2.45, 2.75) is 96.6 Å². The summed E-state index contributed by atoms with van der Waals surface area (Å²) < 4.78 is 10.9. The van der Waals surface area contributed by atoms with Gasteiger partial charge in [0.2, 0.25) is 11.8 Å². The molecule has 1 saturated heterocycles. The number of carbonyl (C=O) groups excluding carboxylic acids is 4. The van der Waals surface area contributed by atoms with Gasteiger partial charge in [0, 0.05) is 32.2 Å². The van der Waals surface area contributed by atoms with Crippen molar-refractivity contribution < 1.29 is 28.7 Å². The van der Waals surface area contributed by atoms with E-state index in [-0.39, 0.29) is 38.0 Å². The van der Waals surface area contributed by atoms with Crippen LogP contribution in [0.3, 0.4) is 0 Å². The zero-order chi connectivity index (χ0) is 33.9. The van der Waals surface area contributed by atoms with Crippen LogP contribution in [0.1, 0.15) is 65.5 Å². The largest absolute Gasteiger partial charge is 0.444 e. The number of nitrogens with one attached hydrogen (secondary N) is 2. The third kappa shape index (κ3) is 12.7. The highest BCUT2D eigenvalue weighted by Crippen LogP contribution is 2.15. The first-order valence-corrected chi connectivity index (χ1v) is 16.0. The van der Waals surface area contributed by atoms with Gasteiger partial charge in [-0.05, 0) is 78.4 Å². The lowest BCUT2D eigenvalue weighted by molar-refractivity contribution is -0.135. The van der Waals surface area contributed by atoms with E-state index in [4.69, 9.17) is 15.2 Å². The number of rotatable bonds is 10. The molecule has 4 amide bonds. The Labute approximate surface area is 273 Å². The van der Waals surface area contributed by atoms with E-state index in [1.165, 1.54) is 0 Å². The Morgan fingerprint density at radius 1 is 0.696 bits per heavy atom. The summed E-state index contributed by atoms with van der Waals surface area (Å²) in [5.41, 5.74) is 7.09. The summed E-state index contributed by atoms with van der Waals surface area (Å²) in [6, 6.07) is 17.2. The number of nitrogens with zero attached hydrogens (tertiary/aromatic N) is 2. The molecule has 0 saturated carbocycles.